The third kappa shape index (κ3) is 2.26. The molecule has 1 aromatic carbocycles. The molecule has 7 heteroatoms. The van der Waals surface area contributed by atoms with E-state index < -0.39 is 4.92 Å². The predicted molar refractivity (Wildman–Crippen MR) is 59.7 cm³/mol. The Labute approximate surface area is 94.5 Å². The number of nitrogen functional groups attached to an aromatic ring is 1. The zero-order chi connectivity index (χ0) is 11.5. The maximum Gasteiger partial charge on any atom is 0.347 e. The largest absolute Gasteiger partial charge is 0.431 e. The second kappa shape index (κ2) is 4.15. The maximum absolute atomic E-state index is 10.4. The standard InChI is InChI=1S/C9H7N3O3S/c10-6-1-3-7(4-2-6)15-9-11-5-8(16-9)12(13)14/h1-5H,10H2. The van der Waals surface area contributed by atoms with E-state index in [1.807, 2.05) is 0 Å². The van der Waals surface area contributed by atoms with E-state index in [1.165, 1.54) is 0 Å². The van der Waals surface area contributed by atoms with Gasteiger partial charge in [-0.25, -0.2) is 4.98 Å². The number of nitrogens with zero attached hydrogens (tertiary/aromatic N) is 2. The number of benzene rings is 1. The van der Waals surface area contributed by atoms with E-state index in [1.54, 1.807) is 24.3 Å². The smallest absolute Gasteiger partial charge is 0.347 e. The van der Waals surface area contributed by atoms with Crippen molar-refractivity contribution < 1.29 is 9.66 Å². The topological polar surface area (TPSA) is 91.3 Å². The molecule has 0 atom stereocenters. The van der Waals surface area contributed by atoms with Gasteiger partial charge < -0.3 is 10.5 Å². The van der Waals surface area contributed by atoms with Crippen LogP contribution in [0.4, 0.5) is 10.7 Å². The highest BCUT2D eigenvalue weighted by Crippen LogP contribution is 2.30. The molecular weight excluding hydrogens is 230 g/mol. The van der Waals surface area contributed by atoms with Gasteiger partial charge in [-0.15, -0.1) is 0 Å². The fraction of sp³-hybridized carbons (Fsp3) is 0. The van der Waals surface area contributed by atoms with Crippen molar-refractivity contribution in [2.24, 2.45) is 0 Å². The highest BCUT2D eigenvalue weighted by molar-refractivity contribution is 7.16. The molecule has 2 N–H and O–H groups in total. The van der Waals surface area contributed by atoms with E-state index in [2.05, 4.69) is 4.98 Å². The van der Waals surface area contributed by atoms with Gasteiger partial charge in [0.1, 0.15) is 11.9 Å². The van der Waals surface area contributed by atoms with E-state index in [-0.39, 0.29) is 10.2 Å². The van der Waals surface area contributed by atoms with Crippen LogP contribution in [0.2, 0.25) is 0 Å². The van der Waals surface area contributed by atoms with Gasteiger partial charge in [-0.1, -0.05) is 0 Å². The van der Waals surface area contributed by atoms with Gasteiger partial charge in [0, 0.05) is 5.69 Å². The Morgan fingerprint density at radius 1 is 1.38 bits per heavy atom. The molecule has 0 saturated heterocycles. The molecule has 0 aliphatic heterocycles. The molecule has 82 valence electrons. The summed E-state index contributed by atoms with van der Waals surface area (Å²) >= 11 is 0.876. The molecule has 1 aromatic heterocycles. The molecule has 0 spiro atoms. The highest BCUT2D eigenvalue weighted by atomic mass is 32.1. The SMILES string of the molecule is Nc1ccc(Oc2ncc([N+](=O)[O-])s2)cc1. The van der Waals surface area contributed by atoms with Gasteiger partial charge >= 0.3 is 5.00 Å². The summed E-state index contributed by atoms with van der Waals surface area (Å²) in [5.74, 6) is 0.540. The third-order valence-corrected chi connectivity index (χ3v) is 2.56. The number of rotatable bonds is 3. The lowest BCUT2D eigenvalue weighted by molar-refractivity contribution is -0.380. The zero-order valence-electron chi connectivity index (χ0n) is 7.99. The number of nitro groups is 1. The van der Waals surface area contributed by atoms with E-state index >= 15 is 0 Å². The summed E-state index contributed by atoms with van der Waals surface area (Å²) in [5, 5.41) is 10.6. The molecular formula is C9H7N3O3S. The van der Waals surface area contributed by atoms with Crippen molar-refractivity contribution in [2.75, 3.05) is 5.73 Å². The summed E-state index contributed by atoms with van der Waals surface area (Å²) in [7, 11) is 0. The molecule has 16 heavy (non-hydrogen) atoms. The minimum absolute atomic E-state index is 0.0505. The monoisotopic (exact) mass is 237 g/mol. The molecule has 1 heterocycles. The quantitative estimate of drug-likeness (QED) is 0.502. The minimum atomic E-state index is -0.506. The number of thiazole rings is 1. The zero-order valence-corrected chi connectivity index (χ0v) is 8.81. The molecule has 0 fully saturated rings. The Balaban J connectivity index is 2.14. The number of ether oxygens (including phenoxy) is 1. The normalized spacial score (nSPS) is 10.0. The molecule has 6 nitrogen and oxygen atoms in total. The average Bonchev–Trinajstić information content (AvgIpc) is 2.70. The fourth-order valence-corrected chi connectivity index (χ4v) is 1.62. The minimum Gasteiger partial charge on any atom is -0.431 e. The van der Waals surface area contributed by atoms with E-state index in [4.69, 9.17) is 10.5 Å². The summed E-state index contributed by atoms with van der Waals surface area (Å²) in [6.45, 7) is 0. The number of anilines is 1. The number of aromatic nitrogens is 1. The van der Waals surface area contributed by atoms with Crippen LogP contribution in [0.15, 0.2) is 30.5 Å². The van der Waals surface area contributed by atoms with Gasteiger partial charge in [-0.3, -0.25) is 10.1 Å². The van der Waals surface area contributed by atoms with Crippen molar-refractivity contribution in [3.63, 3.8) is 0 Å². The molecule has 0 aliphatic carbocycles. The van der Waals surface area contributed by atoms with Crippen LogP contribution in [0.1, 0.15) is 0 Å². The third-order valence-electron chi connectivity index (χ3n) is 1.74. The highest BCUT2D eigenvalue weighted by Gasteiger charge is 2.12. The van der Waals surface area contributed by atoms with Gasteiger partial charge in [-0.05, 0) is 35.6 Å². The summed E-state index contributed by atoms with van der Waals surface area (Å²) in [6.07, 6.45) is 1.16. The lowest BCUT2D eigenvalue weighted by atomic mass is 10.3. The molecule has 2 rings (SSSR count). The summed E-state index contributed by atoms with van der Waals surface area (Å²) in [5.41, 5.74) is 6.13. The summed E-state index contributed by atoms with van der Waals surface area (Å²) < 4.78 is 5.31. The van der Waals surface area contributed by atoms with Crippen LogP contribution < -0.4 is 10.5 Å². The van der Waals surface area contributed by atoms with Crippen LogP contribution >= 0.6 is 11.3 Å². The van der Waals surface area contributed by atoms with Crippen LogP contribution in [0.5, 0.6) is 10.9 Å². The van der Waals surface area contributed by atoms with Crippen molar-refractivity contribution in [2.45, 2.75) is 0 Å². The Morgan fingerprint density at radius 3 is 2.62 bits per heavy atom. The molecule has 0 bridgehead atoms. The van der Waals surface area contributed by atoms with Gasteiger partial charge in [0.25, 0.3) is 5.19 Å². The Hall–Kier alpha value is -2.15. The van der Waals surface area contributed by atoms with Crippen LogP contribution in [0, 0.1) is 10.1 Å². The van der Waals surface area contributed by atoms with Crippen molar-refractivity contribution in [3.8, 4) is 10.9 Å². The van der Waals surface area contributed by atoms with Gasteiger partial charge in [-0.2, -0.15) is 0 Å². The van der Waals surface area contributed by atoms with Crippen molar-refractivity contribution in [1.82, 2.24) is 4.98 Å². The lowest BCUT2D eigenvalue weighted by Gasteiger charge is -2.00. The van der Waals surface area contributed by atoms with Crippen molar-refractivity contribution >= 4 is 22.0 Å². The second-order valence-electron chi connectivity index (χ2n) is 2.89. The first-order chi connectivity index (χ1) is 7.65. The van der Waals surface area contributed by atoms with Crippen molar-refractivity contribution in [1.29, 1.82) is 0 Å². The Bertz CT molecular complexity index is 509. The van der Waals surface area contributed by atoms with E-state index in [0.717, 1.165) is 17.5 Å². The van der Waals surface area contributed by atoms with Crippen molar-refractivity contribution in [3.05, 3.63) is 40.6 Å². The molecule has 0 radical (unpaired) electrons. The van der Waals surface area contributed by atoms with E-state index in [0.29, 0.717) is 11.4 Å². The average molecular weight is 237 g/mol. The van der Waals surface area contributed by atoms with Crippen LogP contribution in [0.25, 0.3) is 0 Å². The summed E-state index contributed by atoms with van der Waals surface area (Å²) in [4.78, 5) is 13.7. The van der Waals surface area contributed by atoms with Gasteiger partial charge in [0.05, 0.1) is 4.92 Å². The molecule has 0 unspecified atom stereocenters. The summed E-state index contributed by atoms with van der Waals surface area (Å²) in [6, 6.07) is 6.69. The first kappa shape index (κ1) is 10.4. The van der Waals surface area contributed by atoms with Crippen LogP contribution in [0.3, 0.4) is 0 Å². The molecule has 0 amide bonds. The lowest BCUT2D eigenvalue weighted by Crippen LogP contribution is -1.85. The predicted octanol–water partition coefficient (Wildman–Crippen LogP) is 2.43. The Kier molecular flexibility index (Phi) is 2.69. The number of nitrogens with two attached hydrogens (primary N) is 1. The molecule has 2 aromatic rings. The fourth-order valence-electron chi connectivity index (χ4n) is 1.02. The first-order valence-electron chi connectivity index (χ1n) is 4.29. The first-order valence-corrected chi connectivity index (χ1v) is 5.10. The van der Waals surface area contributed by atoms with Crippen LogP contribution in [-0.2, 0) is 0 Å². The number of hydrogen-bond acceptors (Lipinski definition) is 6. The van der Waals surface area contributed by atoms with Gasteiger partial charge in [0.15, 0.2) is 0 Å². The van der Waals surface area contributed by atoms with E-state index in [9.17, 15) is 10.1 Å². The van der Waals surface area contributed by atoms with Crippen LogP contribution in [-0.4, -0.2) is 9.91 Å². The Morgan fingerprint density at radius 2 is 2.06 bits per heavy atom. The maximum atomic E-state index is 10.4. The van der Waals surface area contributed by atoms with Gasteiger partial charge in [0.2, 0.25) is 0 Å². The second-order valence-corrected chi connectivity index (χ2v) is 3.86. The number of hydrogen-bond donors (Lipinski definition) is 1. The molecule has 0 saturated carbocycles. The molecule has 0 aliphatic rings.